The van der Waals surface area contributed by atoms with Crippen molar-refractivity contribution in [2.75, 3.05) is 5.32 Å². The highest BCUT2D eigenvalue weighted by Gasteiger charge is 2.33. The van der Waals surface area contributed by atoms with Gasteiger partial charge in [0.05, 0.1) is 10.6 Å². The third kappa shape index (κ3) is 2.64. The molecule has 1 aromatic heterocycles. The van der Waals surface area contributed by atoms with E-state index in [2.05, 4.69) is 15.4 Å². The minimum Gasteiger partial charge on any atom is -0.323 e. The number of fused-ring (bicyclic) bond motifs is 2. The third-order valence-electron chi connectivity index (χ3n) is 3.44. The van der Waals surface area contributed by atoms with Gasteiger partial charge in [0.1, 0.15) is 11.0 Å². The van der Waals surface area contributed by atoms with Crippen molar-refractivity contribution in [2.45, 2.75) is 14.9 Å². The molecule has 124 valence electrons. The molecule has 0 atom stereocenters. The molecule has 0 unspecified atom stereocenters. The van der Waals surface area contributed by atoms with Gasteiger partial charge in [-0.2, -0.15) is 18.7 Å². The molecule has 1 aliphatic heterocycles. The first-order valence-corrected chi connectivity index (χ1v) is 9.59. The van der Waals surface area contributed by atoms with E-state index < -0.39 is 10.0 Å². The van der Waals surface area contributed by atoms with Crippen LogP contribution in [0.2, 0.25) is 5.02 Å². The molecule has 2 heterocycles. The number of halogens is 1. The van der Waals surface area contributed by atoms with Gasteiger partial charge in [-0.3, -0.25) is 0 Å². The lowest BCUT2D eigenvalue weighted by molar-refractivity contribution is 0.568. The van der Waals surface area contributed by atoms with E-state index >= 15 is 0 Å². The molecule has 0 radical (unpaired) electrons. The zero-order chi connectivity index (χ0) is 17.6. The number of para-hydroxylation sites is 1. The number of nitrogens with zero attached hydrogens (tertiary/aromatic N) is 4. The smallest absolute Gasteiger partial charge is 0.286 e. The molecule has 0 saturated carbocycles. The van der Waals surface area contributed by atoms with Gasteiger partial charge in [-0.1, -0.05) is 29.8 Å². The summed E-state index contributed by atoms with van der Waals surface area (Å²) in [5.41, 5.74) is 0.830. The molecule has 3 aromatic rings. The number of hydrogen-bond donors (Lipinski definition) is 1. The Kier molecular flexibility index (Phi) is 3.68. The first-order valence-electron chi connectivity index (χ1n) is 6.95. The minimum atomic E-state index is -3.95. The average Bonchev–Trinajstić information content (AvgIpc) is 2.99. The van der Waals surface area contributed by atoms with E-state index in [4.69, 9.17) is 16.9 Å². The van der Waals surface area contributed by atoms with Crippen LogP contribution in [0.4, 0.5) is 11.6 Å². The Bertz CT molecular complexity index is 1140. The summed E-state index contributed by atoms with van der Waals surface area (Å²) < 4.78 is 26.5. The van der Waals surface area contributed by atoms with Gasteiger partial charge in [0.25, 0.3) is 10.0 Å². The van der Waals surface area contributed by atoms with Gasteiger partial charge in [-0.15, -0.1) is 9.19 Å². The molecular weight excluding hydrogens is 382 g/mol. The lowest BCUT2D eigenvalue weighted by Gasteiger charge is -2.16. The fourth-order valence-electron chi connectivity index (χ4n) is 2.30. The van der Waals surface area contributed by atoms with Crippen LogP contribution in [0.3, 0.4) is 0 Å². The summed E-state index contributed by atoms with van der Waals surface area (Å²) in [7, 11) is -3.95. The Labute approximate surface area is 152 Å². The van der Waals surface area contributed by atoms with E-state index in [1.165, 1.54) is 12.1 Å². The summed E-state index contributed by atoms with van der Waals surface area (Å²) in [6.45, 7) is 0. The molecule has 0 amide bonds. The van der Waals surface area contributed by atoms with Gasteiger partial charge >= 0.3 is 0 Å². The van der Waals surface area contributed by atoms with Crippen LogP contribution in [0, 0.1) is 11.3 Å². The predicted octanol–water partition coefficient (Wildman–Crippen LogP) is 3.25. The molecule has 25 heavy (non-hydrogen) atoms. The van der Waals surface area contributed by atoms with E-state index in [0.717, 1.165) is 21.5 Å². The highest BCUT2D eigenvalue weighted by Crippen LogP contribution is 2.41. The van der Waals surface area contributed by atoms with E-state index in [0.29, 0.717) is 4.90 Å². The Hall–Kier alpha value is -2.54. The van der Waals surface area contributed by atoms with Crippen molar-refractivity contribution in [2.24, 2.45) is 0 Å². The van der Waals surface area contributed by atoms with Gasteiger partial charge in [-0.05, 0) is 36.0 Å². The van der Waals surface area contributed by atoms with Gasteiger partial charge in [0.15, 0.2) is 0 Å². The fourth-order valence-corrected chi connectivity index (χ4v) is 5.40. The Morgan fingerprint density at radius 3 is 2.72 bits per heavy atom. The first kappa shape index (κ1) is 16.0. The predicted molar refractivity (Wildman–Crippen MR) is 92.6 cm³/mol. The summed E-state index contributed by atoms with van der Waals surface area (Å²) in [4.78, 5) is 4.63. The number of nitrogens with one attached hydrogen (secondary N) is 1. The Balaban J connectivity index is 1.80. The maximum Gasteiger partial charge on any atom is 0.286 e. The molecule has 2 aromatic carbocycles. The summed E-state index contributed by atoms with van der Waals surface area (Å²) in [6.07, 6.45) is 0. The number of hydrogen-bond acceptors (Lipinski definition) is 7. The number of rotatable bonds is 2. The maximum atomic E-state index is 12.8. The van der Waals surface area contributed by atoms with Crippen molar-refractivity contribution >= 4 is 45.0 Å². The molecule has 0 aliphatic carbocycles. The molecule has 0 saturated heterocycles. The van der Waals surface area contributed by atoms with Crippen molar-refractivity contribution in [1.29, 1.82) is 5.26 Å². The van der Waals surface area contributed by atoms with Crippen molar-refractivity contribution in [3.05, 3.63) is 53.1 Å². The molecule has 0 bridgehead atoms. The molecule has 0 fully saturated rings. The minimum absolute atomic E-state index is 0.0119. The lowest BCUT2D eigenvalue weighted by atomic mass is 10.2. The second kappa shape index (κ2) is 5.77. The quantitative estimate of drug-likeness (QED) is 0.561. The average molecular weight is 390 g/mol. The molecule has 1 N–H and O–H groups in total. The monoisotopic (exact) mass is 389 g/mol. The van der Waals surface area contributed by atoms with Crippen molar-refractivity contribution in [3.8, 4) is 6.07 Å². The molecule has 7 nitrogen and oxygen atoms in total. The molecule has 1 aliphatic rings. The molecule has 4 rings (SSSR count). The largest absolute Gasteiger partial charge is 0.323 e. The van der Waals surface area contributed by atoms with Gasteiger partial charge in [0, 0.05) is 10.6 Å². The van der Waals surface area contributed by atoms with Crippen molar-refractivity contribution < 1.29 is 8.42 Å². The van der Waals surface area contributed by atoms with Crippen LogP contribution in [0.1, 0.15) is 5.56 Å². The highest BCUT2D eigenvalue weighted by molar-refractivity contribution is 8.01. The number of benzene rings is 2. The molecule has 0 spiro atoms. The first-order chi connectivity index (χ1) is 12.0. The zero-order valence-corrected chi connectivity index (χ0v) is 14.7. The lowest BCUT2D eigenvalue weighted by Crippen LogP contribution is -2.20. The van der Waals surface area contributed by atoms with Crippen LogP contribution in [-0.4, -0.2) is 22.6 Å². The second-order valence-corrected chi connectivity index (χ2v) is 8.20. The van der Waals surface area contributed by atoms with Gasteiger partial charge < -0.3 is 5.32 Å². The standard InChI is InChI=1S/C15H8ClN5O2S2/c16-11-7-12-13(6-9(11)8-17)25(22,23)21-15(24-12)19-14(20-21)18-10-4-2-1-3-5-10/h1-7H,(H,18,20). The van der Waals surface area contributed by atoms with Crippen molar-refractivity contribution in [3.63, 3.8) is 0 Å². The second-order valence-electron chi connectivity index (χ2n) is 5.05. The number of anilines is 2. The van der Waals surface area contributed by atoms with Crippen LogP contribution < -0.4 is 5.32 Å². The maximum absolute atomic E-state index is 12.8. The van der Waals surface area contributed by atoms with Gasteiger partial charge in [0.2, 0.25) is 11.1 Å². The van der Waals surface area contributed by atoms with E-state index in [9.17, 15) is 8.42 Å². The van der Waals surface area contributed by atoms with Crippen LogP contribution >= 0.6 is 23.4 Å². The van der Waals surface area contributed by atoms with Crippen LogP contribution in [0.15, 0.2) is 57.4 Å². The van der Waals surface area contributed by atoms with Crippen LogP contribution in [-0.2, 0) is 10.0 Å². The Morgan fingerprint density at radius 1 is 1.24 bits per heavy atom. The zero-order valence-electron chi connectivity index (χ0n) is 12.3. The van der Waals surface area contributed by atoms with Gasteiger partial charge in [-0.25, -0.2) is 0 Å². The fraction of sp³-hybridized carbons (Fsp3) is 0. The van der Waals surface area contributed by atoms with Crippen LogP contribution in [0.5, 0.6) is 0 Å². The van der Waals surface area contributed by atoms with E-state index in [1.807, 2.05) is 36.4 Å². The third-order valence-corrected chi connectivity index (χ3v) is 6.61. The number of aromatic nitrogens is 3. The molecular formula is C15H8ClN5O2S2. The summed E-state index contributed by atoms with van der Waals surface area (Å²) in [6, 6.07) is 13.8. The van der Waals surface area contributed by atoms with Crippen LogP contribution in [0.25, 0.3) is 0 Å². The topological polar surface area (TPSA) is 101 Å². The van der Waals surface area contributed by atoms with Crippen molar-refractivity contribution in [1.82, 2.24) is 14.2 Å². The normalized spacial score (nSPS) is 14.2. The summed E-state index contributed by atoms with van der Waals surface area (Å²) in [5.74, 6) is 0.164. The summed E-state index contributed by atoms with van der Waals surface area (Å²) in [5, 5.41) is 16.5. The Morgan fingerprint density at radius 2 is 2.00 bits per heavy atom. The van der Waals surface area contributed by atoms with E-state index in [-0.39, 0.29) is 26.6 Å². The molecule has 10 heteroatoms. The van der Waals surface area contributed by atoms with E-state index in [1.54, 1.807) is 0 Å². The number of nitriles is 1. The summed E-state index contributed by atoms with van der Waals surface area (Å²) >= 11 is 7.13. The SMILES string of the molecule is N#Cc1cc2c(cc1Cl)Sc1nc(Nc3ccccc3)nn1S2(=O)=O. The highest BCUT2D eigenvalue weighted by atomic mass is 35.5.